The fourth-order valence-corrected chi connectivity index (χ4v) is 2.37. The van der Waals surface area contributed by atoms with Crippen molar-refractivity contribution < 1.29 is 33.4 Å². The predicted molar refractivity (Wildman–Crippen MR) is 89.2 cm³/mol. The zero-order valence-corrected chi connectivity index (χ0v) is 14.6. The number of amides is 3. The Hall–Kier alpha value is -3.10. The number of hydrogen-bond donors (Lipinski definition) is 1. The first-order chi connectivity index (χ1) is 12.5. The Balaban J connectivity index is 1.80. The Labute approximate surface area is 150 Å². The maximum atomic E-state index is 12.2. The maximum absolute atomic E-state index is 12.2. The molecule has 1 aromatic rings. The van der Waals surface area contributed by atoms with E-state index in [9.17, 15) is 19.2 Å². The number of urea groups is 1. The van der Waals surface area contributed by atoms with E-state index in [2.05, 4.69) is 5.32 Å². The summed E-state index contributed by atoms with van der Waals surface area (Å²) in [5.41, 5.74) is 0.375. The molecule has 0 unspecified atom stereocenters. The third kappa shape index (κ3) is 4.71. The molecule has 9 heteroatoms. The minimum absolute atomic E-state index is 0.0767. The first kappa shape index (κ1) is 19.2. The highest BCUT2D eigenvalue weighted by atomic mass is 16.5. The summed E-state index contributed by atoms with van der Waals surface area (Å²) in [5, 5.41) is 2.48. The van der Waals surface area contributed by atoms with Crippen molar-refractivity contribution in [2.45, 2.75) is 12.8 Å². The lowest BCUT2D eigenvalue weighted by atomic mass is 10.1. The Morgan fingerprint density at radius 3 is 2.46 bits per heavy atom. The Bertz CT molecular complexity index is 717. The van der Waals surface area contributed by atoms with Crippen molar-refractivity contribution in [1.82, 2.24) is 10.2 Å². The van der Waals surface area contributed by atoms with Crippen molar-refractivity contribution in [3.63, 3.8) is 0 Å². The van der Waals surface area contributed by atoms with Crippen molar-refractivity contribution in [2.75, 3.05) is 33.9 Å². The number of nitrogens with zero attached hydrogens (tertiary/aromatic N) is 1. The van der Waals surface area contributed by atoms with Gasteiger partial charge in [-0.25, -0.2) is 4.79 Å². The average Bonchev–Trinajstić information content (AvgIpc) is 3.09. The molecule has 0 radical (unpaired) electrons. The van der Waals surface area contributed by atoms with Crippen LogP contribution in [0, 0.1) is 0 Å². The van der Waals surface area contributed by atoms with E-state index in [0.29, 0.717) is 23.6 Å². The van der Waals surface area contributed by atoms with Gasteiger partial charge in [0.15, 0.2) is 23.9 Å². The van der Waals surface area contributed by atoms with E-state index in [-0.39, 0.29) is 25.2 Å². The van der Waals surface area contributed by atoms with E-state index in [0.717, 1.165) is 4.90 Å². The van der Waals surface area contributed by atoms with Gasteiger partial charge in [0.05, 0.1) is 20.6 Å². The number of methoxy groups -OCH3 is 2. The molecular weight excluding hydrogens is 344 g/mol. The summed E-state index contributed by atoms with van der Waals surface area (Å²) >= 11 is 0. The highest BCUT2D eigenvalue weighted by molar-refractivity contribution is 5.99. The number of esters is 1. The van der Waals surface area contributed by atoms with Crippen molar-refractivity contribution in [2.24, 2.45) is 0 Å². The number of carbonyl (C=O) groups excluding carboxylic acids is 4. The fraction of sp³-hybridized carbons (Fsp3) is 0.412. The smallest absolute Gasteiger partial charge is 0.324 e. The van der Waals surface area contributed by atoms with Gasteiger partial charge < -0.3 is 19.5 Å². The van der Waals surface area contributed by atoms with Gasteiger partial charge in [0.25, 0.3) is 5.91 Å². The number of nitrogens with one attached hydrogen (secondary N) is 1. The normalized spacial score (nSPS) is 13.2. The molecule has 1 fully saturated rings. The second kappa shape index (κ2) is 8.84. The molecule has 1 heterocycles. The number of rotatable bonds is 8. The third-order valence-corrected chi connectivity index (χ3v) is 3.78. The summed E-state index contributed by atoms with van der Waals surface area (Å²) in [6, 6.07) is 4.20. The molecular formula is C17H20N2O7. The van der Waals surface area contributed by atoms with Crippen LogP contribution in [0.3, 0.4) is 0 Å². The van der Waals surface area contributed by atoms with E-state index in [1.165, 1.54) is 20.3 Å². The molecule has 26 heavy (non-hydrogen) atoms. The van der Waals surface area contributed by atoms with Gasteiger partial charge in [-0.3, -0.25) is 19.3 Å². The van der Waals surface area contributed by atoms with Gasteiger partial charge in [-0.2, -0.15) is 0 Å². The van der Waals surface area contributed by atoms with Crippen LogP contribution in [0.2, 0.25) is 0 Å². The predicted octanol–water partition coefficient (Wildman–Crippen LogP) is 0.762. The summed E-state index contributed by atoms with van der Waals surface area (Å²) in [5.74, 6) is -0.650. The second-order valence-corrected chi connectivity index (χ2v) is 5.43. The van der Waals surface area contributed by atoms with Gasteiger partial charge in [0.1, 0.15) is 0 Å². The molecule has 3 amide bonds. The molecule has 0 aromatic heterocycles. The molecule has 2 rings (SSSR count). The molecule has 0 atom stereocenters. The highest BCUT2D eigenvalue weighted by Crippen LogP contribution is 2.28. The number of benzene rings is 1. The quantitative estimate of drug-likeness (QED) is 0.535. The Morgan fingerprint density at radius 1 is 1.12 bits per heavy atom. The topological polar surface area (TPSA) is 111 Å². The van der Waals surface area contributed by atoms with Crippen LogP contribution in [0.15, 0.2) is 18.2 Å². The van der Waals surface area contributed by atoms with Crippen LogP contribution in [0.1, 0.15) is 23.2 Å². The Morgan fingerprint density at radius 2 is 1.85 bits per heavy atom. The number of Topliss-reactive ketones (excluding diaryl/α,β-unsaturated/α-hetero) is 1. The minimum atomic E-state index is -0.688. The summed E-state index contributed by atoms with van der Waals surface area (Å²) in [6.07, 6.45) is -0.251. The van der Waals surface area contributed by atoms with E-state index in [1.807, 2.05) is 0 Å². The largest absolute Gasteiger partial charge is 0.493 e. The molecule has 1 saturated heterocycles. The van der Waals surface area contributed by atoms with Gasteiger partial charge in [-0.1, -0.05) is 0 Å². The average molecular weight is 364 g/mol. The number of hydrogen-bond acceptors (Lipinski definition) is 7. The number of ether oxygens (including phenoxy) is 3. The van der Waals surface area contributed by atoms with Crippen molar-refractivity contribution in [3.05, 3.63) is 23.8 Å². The standard InChI is InChI=1S/C17H20N2O7/c1-24-13-5-3-11(9-14(13)25-2)12(20)4-6-16(22)26-10-15(21)19-8-7-18-17(19)23/h3,5,9H,4,6-8,10H2,1-2H3,(H,18,23). The lowest BCUT2D eigenvalue weighted by Gasteiger charge is -2.12. The van der Waals surface area contributed by atoms with Crippen molar-refractivity contribution in [3.8, 4) is 11.5 Å². The summed E-state index contributed by atoms with van der Waals surface area (Å²) in [7, 11) is 2.95. The summed E-state index contributed by atoms with van der Waals surface area (Å²) in [4.78, 5) is 47.9. The third-order valence-electron chi connectivity index (χ3n) is 3.78. The van der Waals surface area contributed by atoms with Crippen LogP contribution in [0.25, 0.3) is 0 Å². The molecule has 0 bridgehead atoms. The van der Waals surface area contributed by atoms with E-state index >= 15 is 0 Å². The van der Waals surface area contributed by atoms with E-state index in [4.69, 9.17) is 14.2 Å². The lowest BCUT2D eigenvalue weighted by Crippen LogP contribution is -2.37. The lowest BCUT2D eigenvalue weighted by molar-refractivity contribution is -0.150. The first-order valence-corrected chi connectivity index (χ1v) is 7.95. The monoisotopic (exact) mass is 364 g/mol. The number of carbonyl (C=O) groups is 4. The van der Waals surface area contributed by atoms with Crippen LogP contribution in [-0.2, 0) is 14.3 Å². The fourth-order valence-electron chi connectivity index (χ4n) is 2.37. The Kier molecular flexibility index (Phi) is 6.54. The molecule has 140 valence electrons. The van der Waals surface area contributed by atoms with Crippen LogP contribution in [-0.4, -0.2) is 62.5 Å². The van der Waals surface area contributed by atoms with Gasteiger partial charge >= 0.3 is 12.0 Å². The zero-order valence-electron chi connectivity index (χ0n) is 14.6. The van der Waals surface area contributed by atoms with Gasteiger partial charge in [0, 0.05) is 25.1 Å². The SMILES string of the molecule is COc1ccc(C(=O)CCC(=O)OCC(=O)N2CCNC2=O)cc1OC. The molecule has 0 spiro atoms. The molecule has 1 N–H and O–H groups in total. The van der Waals surface area contributed by atoms with Crippen LogP contribution in [0.4, 0.5) is 4.79 Å². The highest BCUT2D eigenvalue weighted by Gasteiger charge is 2.26. The van der Waals surface area contributed by atoms with E-state index in [1.54, 1.807) is 12.1 Å². The first-order valence-electron chi connectivity index (χ1n) is 7.95. The number of imide groups is 1. The molecule has 9 nitrogen and oxygen atoms in total. The maximum Gasteiger partial charge on any atom is 0.324 e. The van der Waals surface area contributed by atoms with Crippen LogP contribution < -0.4 is 14.8 Å². The van der Waals surface area contributed by atoms with E-state index < -0.39 is 24.5 Å². The molecule has 0 saturated carbocycles. The number of ketones is 1. The summed E-state index contributed by atoms with van der Waals surface area (Å²) in [6.45, 7) is 0.0855. The van der Waals surface area contributed by atoms with Crippen molar-refractivity contribution >= 4 is 23.7 Å². The molecule has 1 aliphatic heterocycles. The van der Waals surface area contributed by atoms with Gasteiger partial charge in [-0.05, 0) is 18.2 Å². The second-order valence-electron chi connectivity index (χ2n) is 5.43. The van der Waals surface area contributed by atoms with Crippen LogP contribution >= 0.6 is 0 Å². The molecule has 1 aliphatic rings. The van der Waals surface area contributed by atoms with Crippen LogP contribution in [0.5, 0.6) is 11.5 Å². The molecule has 1 aromatic carbocycles. The van der Waals surface area contributed by atoms with Gasteiger partial charge in [0.2, 0.25) is 0 Å². The summed E-state index contributed by atoms with van der Waals surface area (Å²) < 4.78 is 15.1. The zero-order chi connectivity index (χ0) is 19.1. The van der Waals surface area contributed by atoms with Crippen molar-refractivity contribution in [1.29, 1.82) is 0 Å². The minimum Gasteiger partial charge on any atom is -0.493 e. The molecule has 0 aliphatic carbocycles. The van der Waals surface area contributed by atoms with Gasteiger partial charge in [-0.15, -0.1) is 0 Å².